The first-order valence-electron chi connectivity index (χ1n) is 7.85. The molecule has 0 aliphatic carbocycles. The molecule has 0 radical (unpaired) electrons. The van der Waals surface area contributed by atoms with Crippen LogP contribution in [0, 0.1) is 5.82 Å². The van der Waals surface area contributed by atoms with Crippen LogP contribution in [0.25, 0.3) is 0 Å². The number of benzene rings is 1. The van der Waals surface area contributed by atoms with E-state index in [1.807, 2.05) is 12.1 Å². The van der Waals surface area contributed by atoms with Gasteiger partial charge in [-0.05, 0) is 37.4 Å². The molecular formula is C17H27FN2. The van der Waals surface area contributed by atoms with E-state index < -0.39 is 0 Å². The zero-order chi connectivity index (χ0) is 14.5. The van der Waals surface area contributed by atoms with Crippen molar-refractivity contribution in [3.63, 3.8) is 0 Å². The Bertz CT molecular complexity index is 431. The molecule has 112 valence electrons. The summed E-state index contributed by atoms with van der Waals surface area (Å²) in [5, 5.41) is 3.39. The van der Waals surface area contributed by atoms with Gasteiger partial charge in [-0.2, -0.15) is 0 Å². The summed E-state index contributed by atoms with van der Waals surface area (Å²) in [6.07, 6.45) is 3.66. The first kappa shape index (κ1) is 15.5. The molecule has 1 heterocycles. The normalized spacial score (nSPS) is 19.9. The van der Waals surface area contributed by atoms with E-state index in [0.29, 0.717) is 12.1 Å². The minimum atomic E-state index is -0.0694. The first-order valence-corrected chi connectivity index (χ1v) is 7.85. The molecule has 1 saturated heterocycles. The van der Waals surface area contributed by atoms with E-state index >= 15 is 0 Å². The topological polar surface area (TPSA) is 15.3 Å². The van der Waals surface area contributed by atoms with E-state index in [1.54, 1.807) is 6.07 Å². The highest BCUT2D eigenvalue weighted by atomic mass is 19.1. The standard InChI is InChI=1S/C17H27FN2/c1-4-16-6-5-9-20(16)12-15-10-14(7-8-17(15)18)11-19-13(2)3/h7-8,10,13,16,19H,4-6,9,11-12H2,1-3H3. The van der Waals surface area contributed by atoms with Gasteiger partial charge in [0.25, 0.3) is 0 Å². The second-order valence-corrected chi connectivity index (χ2v) is 6.14. The summed E-state index contributed by atoms with van der Waals surface area (Å²) in [6.45, 7) is 9.14. The van der Waals surface area contributed by atoms with Crippen LogP contribution in [0.4, 0.5) is 4.39 Å². The summed E-state index contributed by atoms with van der Waals surface area (Å²) in [4.78, 5) is 2.43. The van der Waals surface area contributed by atoms with Gasteiger partial charge in [-0.25, -0.2) is 4.39 Å². The number of nitrogens with zero attached hydrogens (tertiary/aromatic N) is 1. The van der Waals surface area contributed by atoms with Crippen molar-refractivity contribution in [2.45, 2.75) is 65.2 Å². The lowest BCUT2D eigenvalue weighted by molar-refractivity contribution is 0.237. The highest BCUT2D eigenvalue weighted by molar-refractivity contribution is 5.25. The van der Waals surface area contributed by atoms with Crippen LogP contribution in [-0.2, 0) is 13.1 Å². The molecule has 1 aromatic rings. The van der Waals surface area contributed by atoms with Gasteiger partial charge in [0.1, 0.15) is 5.82 Å². The molecule has 20 heavy (non-hydrogen) atoms. The van der Waals surface area contributed by atoms with E-state index in [4.69, 9.17) is 0 Å². The number of nitrogens with one attached hydrogen (secondary N) is 1. The Morgan fingerprint density at radius 1 is 1.40 bits per heavy atom. The van der Waals surface area contributed by atoms with Crippen molar-refractivity contribution < 1.29 is 4.39 Å². The summed E-state index contributed by atoms with van der Waals surface area (Å²) in [6, 6.07) is 6.60. The van der Waals surface area contributed by atoms with Gasteiger partial charge in [0, 0.05) is 30.7 Å². The maximum absolute atomic E-state index is 14.0. The van der Waals surface area contributed by atoms with Gasteiger partial charge in [0.15, 0.2) is 0 Å². The minimum Gasteiger partial charge on any atom is -0.310 e. The molecule has 1 aliphatic heterocycles. The maximum Gasteiger partial charge on any atom is 0.127 e. The minimum absolute atomic E-state index is 0.0694. The van der Waals surface area contributed by atoms with Gasteiger partial charge in [0.05, 0.1) is 0 Å². The van der Waals surface area contributed by atoms with Crippen molar-refractivity contribution >= 4 is 0 Å². The lowest BCUT2D eigenvalue weighted by atomic mass is 10.1. The largest absolute Gasteiger partial charge is 0.310 e. The Labute approximate surface area is 122 Å². The van der Waals surface area contributed by atoms with Crippen molar-refractivity contribution in [1.82, 2.24) is 10.2 Å². The molecule has 1 fully saturated rings. The molecule has 2 rings (SSSR count). The Balaban J connectivity index is 2.04. The summed E-state index contributed by atoms with van der Waals surface area (Å²) in [7, 11) is 0. The van der Waals surface area contributed by atoms with Crippen molar-refractivity contribution in [3.05, 3.63) is 35.1 Å². The summed E-state index contributed by atoms with van der Waals surface area (Å²) >= 11 is 0. The number of halogens is 1. The SMILES string of the molecule is CCC1CCCN1Cc1cc(CNC(C)C)ccc1F. The molecule has 2 nitrogen and oxygen atoms in total. The van der Waals surface area contributed by atoms with E-state index in [-0.39, 0.29) is 5.82 Å². The number of hydrogen-bond acceptors (Lipinski definition) is 2. The fourth-order valence-corrected chi connectivity index (χ4v) is 2.97. The average molecular weight is 278 g/mol. The fraction of sp³-hybridized carbons (Fsp3) is 0.647. The van der Waals surface area contributed by atoms with Gasteiger partial charge in [-0.3, -0.25) is 4.90 Å². The number of hydrogen-bond donors (Lipinski definition) is 1. The van der Waals surface area contributed by atoms with Crippen molar-refractivity contribution in [2.24, 2.45) is 0 Å². The molecule has 0 saturated carbocycles. The molecule has 0 aromatic heterocycles. The van der Waals surface area contributed by atoms with Gasteiger partial charge in [-0.15, -0.1) is 0 Å². The zero-order valence-electron chi connectivity index (χ0n) is 13.0. The Hall–Kier alpha value is -0.930. The Morgan fingerprint density at radius 3 is 2.90 bits per heavy atom. The first-order chi connectivity index (χ1) is 9.60. The summed E-state index contributed by atoms with van der Waals surface area (Å²) < 4.78 is 14.0. The third-order valence-electron chi connectivity index (χ3n) is 4.17. The smallest absolute Gasteiger partial charge is 0.127 e. The summed E-state index contributed by atoms with van der Waals surface area (Å²) in [5.41, 5.74) is 2.01. The lowest BCUT2D eigenvalue weighted by Crippen LogP contribution is -2.28. The fourth-order valence-electron chi connectivity index (χ4n) is 2.97. The predicted octanol–water partition coefficient (Wildman–Crippen LogP) is 3.70. The molecule has 0 spiro atoms. The van der Waals surface area contributed by atoms with Crippen LogP contribution >= 0.6 is 0 Å². The lowest BCUT2D eigenvalue weighted by Gasteiger charge is -2.23. The van der Waals surface area contributed by atoms with E-state index in [1.165, 1.54) is 18.4 Å². The molecule has 0 bridgehead atoms. The Morgan fingerprint density at radius 2 is 2.20 bits per heavy atom. The molecule has 1 aromatic carbocycles. The molecular weight excluding hydrogens is 251 g/mol. The molecule has 1 unspecified atom stereocenters. The van der Waals surface area contributed by atoms with Crippen LogP contribution in [0.2, 0.25) is 0 Å². The van der Waals surface area contributed by atoms with E-state index in [2.05, 4.69) is 31.0 Å². The average Bonchev–Trinajstić information content (AvgIpc) is 2.86. The van der Waals surface area contributed by atoms with Gasteiger partial charge in [0.2, 0.25) is 0 Å². The number of rotatable bonds is 6. The van der Waals surface area contributed by atoms with E-state index in [9.17, 15) is 4.39 Å². The van der Waals surface area contributed by atoms with Crippen LogP contribution in [0.5, 0.6) is 0 Å². The van der Waals surface area contributed by atoms with Gasteiger partial charge < -0.3 is 5.32 Å². The highest BCUT2D eigenvalue weighted by Gasteiger charge is 2.23. The van der Waals surface area contributed by atoms with Crippen molar-refractivity contribution in [2.75, 3.05) is 6.54 Å². The third kappa shape index (κ3) is 4.03. The third-order valence-corrected chi connectivity index (χ3v) is 4.17. The van der Waals surface area contributed by atoms with Gasteiger partial charge >= 0.3 is 0 Å². The predicted molar refractivity (Wildman–Crippen MR) is 82.1 cm³/mol. The second kappa shape index (κ2) is 7.19. The van der Waals surface area contributed by atoms with Crippen LogP contribution < -0.4 is 5.32 Å². The molecule has 1 atom stereocenters. The van der Waals surface area contributed by atoms with Crippen LogP contribution in [-0.4, -0.2) is 23.5 Å². The van der Waals surface area contributed by atoms with E-state index in [0.717, 1.165) is 31.6 Å². The van der Waals surface area contributed by atoms with Crippen molar-refractivity contribution in [3.8, 4) is 0 Å². The molecule has 3 heteroatoms. The number of likely N-dealkylation sites (tertiary alicyclic amines) is 1. The van der Waals surface area contributed by atoms with Crippen molar-refractivity contribution in [1.29, 1.82) is 0 Å². The van der Waals surface area contributed by atoms with Gasteiger partial charge in [-0.1, -0.05) is 32.9 Å². The van der Waals surface area contributed by atoms with Crippen LogP contribution in [0.15, 0.2) is 18.2 Å². The maximum atomic E-state index is 14.0. The van der Waals surface area contributed by atoms with Crippen LogP contribution in [0.3, 0.4) is 0 Å². The highest BCUT2D eigenvalue weighted by Crippen LogP contribution is 2.23. The van der Waals surface area contributed by atoms with Crippen LogP contribution in [0.1, 0.15) is 51.2 Å². The summed E-state index contributed by atoms with van der Waals surface area (Å²) in [5.74, 6) is -0.0694. The zero-order valence-corrected chi connectivity index (χ0v) is 13.0. The monoisotopic (exact) mass is 278 g/mol. The molecule has 0 amide bonds. The molecule has 1 aliphatic rings. The quantitative estimate of drug-likeness (QED) is 0.853. The second-order valence-electron chi connectivity index (χ2n) is 6.14. The molecule has 1 N–H and O–H groups in total. The Kier molecular flexibility index (Phi) is 5.55.